The lowest BCUT2D eigenvalue weighted by molar-refractivity contribution is -0.0505. The Labute approximate surface area is 267 Å². The van der Waals surface area contributed by atoms with Crippen molar-refractivity contribution in [3.63, 3.8) is 0 Å². The van der Waals surface area contributed by atoms with Crippen molar-refractivity contribution >= 4 is 58.2 Å². The van der Waals surface area contributed by atoms with Crippen molar-refractivity contribution in [1.29, 1.82) is 0 Å². The fraction of sp³-hybridized carbons (Fsp3) is 0.500. The van der Waals surface area contributed by atoms with E-state index >= 15 is 0 Å². The molecule has 0 amide bonds. The van der Waals surface area contributed by atoms with Crippen LogP contribution < -0.4 is 11.5 Å². The number of anilines is 2. The topological polar surface area (TPSA) is 370 Å². The zero-order chi connectivity index (χ0) is 34.5. The number of fused-ring (bicyclic) bond motifs is 2. The number of imidazole rings is 2. The van der Waals surface area contributed by atoms with Crippen LogP contribution in [0.5, 0.6) is 0 Å². The van der Waals surface area contributed by atoms with Crippen molar-refractivity contribution in [2.45, 2.75) is 49.1 Å². The van der Waals surface area contributed by atoms with Crippen LogP contribution in [-0.4, -0.2) is 124 Å². The fourth-order valence-corrected chi connectivity index (χ4v) is 8.02. The minimum atomic E-state index is -5.58. The molecule has 48 heavy (non-hydrogen) atoms. The van der Waals surface area contributed by atoms with E-state index in [9.17, 15) is 44.2 Å². The summed E-state index contributed by atoms with van der Waals surface area (Å²) in [7, 11) is -14.4. The van der Waals surface area contributed by atoms with Crippen LogP contribution in [0.25, 0.3) is 22.3 Å². The lowest BCUT2D eigenvalue weighted by atomic mass is 10.1. The van der Waals surface area contributed by atoms with Crippen LogP contribution in [0.3, 0.4) is 0 Å². The van der Waals surface area contributed by atoms with E-state index < -0.39 is 86.5 Å². The van der Waals surface area contributed by atoms with Crippen molar-refractivity contribution in [3.8, 4) is 0 Å². The predicted molar refractivity (Wildman–Crippen MR) is 154 cm³/mol. The summed E-state index contributed by atoms with van der Waals surface area (Å²) in [5.74, 6) is 0.0953. The van der Waals surface area contributed by atoms with E-state index in [0.717, 1.165) is 12.7 Å². The summed E-state index contributed by atoms with van der Waals surface area (Å²) in [6, 6.07) is 0. The average Bonchev–Trinajstić information content (AvgIpc) is 3.77. The van der Waals surface area contributed by atoms with Crippen LogP contribution >= 0.6 is 24.2 Å². The minimum absolute atomic E-state index is 0.0381. The van der Waals surface area contributed by atoms with Gasteiger partial charge in [-0.1, -0.05) is 0 Å². The van der Waals surface area contributed by atoms with Gasteiger partial charge in [-0.15, -0.1) is 0 Å². The van der Waals surface area contributed by atoms with Crippen molar-refractivity contribution in [2.75, 3.05) is 24.7 Å². The quantitative estimate of drug-likeness (QED) is 0.0681. The zero-order valence-corrected chi connectivity index (χ0v) is 26.5. The second-order valence-electron chi connectivity index (χ2n) is 10.2. The van der Waals surface area contributed by atoms with Crippen LogP contribution in [0.15, 0.2) is 25.3 Å². The van der Waals surface area contributed by atoms with E-state index in [2.05, 4.69) is 43.0 Å². The van der Waals surface area contributed by atoms with Crippen molar-refractivity contribution in [2.24, 2.45) is 0 Å². The van der Waals surface area contributed by atoms with Gasteiger partial charge in [-0.25, -0.2) is 43.3 Å². The molecule has 2 saturated heterocycles. The molecule has 0 spiro atoms. The Morgan fingerprint density at radius 2 is 1.23 bits per heavy atom. The Bertz CT molecular complexity index is 1880. The second kappa shape index (κ2) is 13.4. The molecule has 4 aromatic rings. The Morgan fingerprint density at radius 3 is 1.73 bits per heavy atom. The van der Waals surface area contributed by atoms with Crippen molar-refractivity contribution in [1.82, 2.24) is 39.0 Å². The van der Waals surface area contributed by atoms with Crippen LogP contribution in [0.4, 0.5) is 11.6 Å². The van der Waals surface area contributed by atoms with Gasteiger partial charge in [-0.3, -0.25) is 13.7 Å². The Kier molecular flexibility index (Phi) is 9.76. The maximum absolute atomic E-state index is 12.4. The smallest absolute Gasteiger partial charge is 0.387 e. The molecule has 0 saturated carbocycles. The van der Waals surface area contributed by atoms with Gasteiger partial charge in [0, 0.05) is 0 Å². The molecule has 11 N–H and O–H groups in total. The van der Waals surface area contributed by atoms with Gasteiger partial charge in [0.2, 0.25) is 0 Å². The number of hydrogen-bond donors (Lipinski definition) is 9. The van der Waals surface area contributed by atoms with Gasteiger partial charge in [0.05, 0.1) is 25.9 Å². The molecule has 0 radical (unpaired) electrons. The summed E-state index contributed by atoms with van der Waals surface area (Å²) in [4.78, 5) is 53.7. The molecular formula is C20H27N10O15P3. The molecule has 2 unspecified atom stereocenters. The number of hydrogen-bond acceptors (Lipinski definition) is 21. The van der Waals surface area contributed by atoms with Gasteiger partial charge in [-0.05, 0) is 0 Å². The largest absolute Gasteiger partial charge is 0.487 e. The molecule has 2 aliphatic rings. The summed E-state index contributed by atoms with van der Waals surface area (Å²) in [5, 5.41) is 41.9. The van der Waals surface area contributed by atoms with Crippen LogP contribution in [0.1, 0.15) is 12.5 Å². The summed E-state index contributed by atoms with van der Waals surface area (Å²) < 4.78 is 56.5. The molecule has 0 aromatic carbocycles. The van der Waals surface area contributed by atoms with Gasteiger partial charge < -0.3 is 60.6 Å². The van der Waals surface area contributed by atoms with E-state index in [1.807, 2.05) is 0 Å². The van der Waals surface area contributed by atoms with Gasteiger partial charge in [0.15, 0.2) is 35.4 Å². The maximum Gasteiger partial charge on any atom is 0.487 e. The van der Waals surface area contributed by atoms with E-state index in [-0.39, 0.29) is 34.0 Å². The highest BCUT2D eigenvalue weighted by atomic mass is 31.3. The highest BCUT2D eigenvalue weighted by Gasteiger charge is 2.48. The zero-order valence-electron chi connectivity index (χ0n) is 23.8. The molecule has 11 atom stereocenters. The van der Waals surface area contributed by atoms with E-state index in [1.165, 1.54) is 21.8 Å². The van der Waals surface area contributed by atoms with Crippen molar-refractivity contribution < 1.29 is 71.4 Å². The Balaban J connectivity index is 1.00. The van der Waals surface area contributed by atoms with Gasteiger partial charge >= 0.3 is 24.2 Å². The molecule has 6 rings (SSSR count). The Morgan fingerprint density at radius 1 is 0.750 bits per heavy atom. The van der Waals surface area contributed by atoms with Gasteiger partial charge in [0.1, 0.15) is 60.3 Å². The number of aliphatic hydroxyl groups excluding tert-OH is 4. The SMILES string of the molecule is Nc1ncnc2c1ncn2[C@@H]1O[C@H](CO[P@@](O)OP(=O)(O)OP(=O)(O)OC[C@H]2O[C@@H](n3cnc4c(N)ncnc43)[C@H](O)[C@@H]2O)[C@@H](O)[C@H]1O. The molecule has 0 aliphatic carbocycles. The number of rotatable bonds is 12. The molecule has 28 heteroatoms. The third kappa shape index (κ3) is 6.90. The Hall–Kier alpha value is -2.93. The maximum atomic E-state index is 12.4. The van der Waals surface area contributed by atoms with Crippen LogP contribution in [0, 0.1) is 0 Å². The molecular weight excluding hydrogens is 713 g/mol. The van der Waals surface area contributed by atoms with Gasteiger partial charge in [-0.2, -0.15) is 4.31 Å². The van der Waals surface area contributed by atoms with Crippen molar-refractivity contribution in [3.05, 3.63) is 25.3 Å². The number of phosphoric acid groups is 2. The number of phosphoric ester groups is 1. The predicted octanol–water partition coefficient (Wildman–Crippen LogP) is -2.44. The first-order valence-corrected chi connectivity index (χ1v) is 17.5. The molecule has 262 valence electrons. The number of aliphatic hydroxyl groups is 4. The molecule has 2 aliphatic heterocycles. The summed E-state index contributed by atoms with van der Waals surface area (Å²) in [6.07, 6.45) is -7.04. The second-order valence-corrected chi connectivity index (χ2v) is 14.4. The highest BCUT2D eigenvalue weighted by Crippen LogP contribution is 2.65. The number of nitrogens with two attached hydrogens (primary N) is 2. The third-order valence-electron chi connectivity index (χ3n) is 7.13. The fourth-order valence-electron chi connectivity index (χ4n) is 4.89. The monoisotopic (exact) mass is 740 g/mol. The lowest BCUT2D eigenvalue weighted by Gasteiger charge is -2.20. The standard InChI is InChI=1S/C20H27N10O15P3/c21-15-9-17(25-3-23-15)29(5-27-9)19-13(33)11(31)7(42-19)1-40-46(35)44-48(38,39)45-47(36,37)41-2-8-12(32)14(34)20(43-8)30-6-28-10-16(22)24-4-26-18(10)30/h3-8,11-14,19-20,31-35H,1-2H2,(H,36,37)(H,38,39)(H2,21,23,25)(H2,22,24,26)/t7-,8-,11-,12-,13-,14-,19-,20-,46-/m1/s1. The summed E-state index contributed by atoms with van der Waals surface area (Å²) in [6.45, 7) is -1.65. The lowest BCUT2D eigenvalue weighted by Crippen LogP contribution is -2.33. The van der Waals surface area contributed by atoms with E-state index in [0.29, 0.717) is 0 Å². The average molecular weight is 740 g/mol. The minimum Gasteiger partial charge on any atom is -0.387 e. The molecule has 6 heterocycles. The number of aromatic nitrogens is 8. The van der Waals surface area contributed by atoms with Crippen LogP contribution in [-0.2, 0) is 36.3 Å². The van der Waals surface area contributed by atoms with E-state index in [1.54, 1.807) is 0 Å². The molecule has 25 nitrogen and oxygen atoms in total. The molecule has 0 bridgehead atoms. The van der Waals surface area contributed by atoms with Crippen LogP contribution in [0.2, 0.25) is 0 Å². The first-order valence-electron chi connectivity index (χ1n) is 13.4. The normalized spacial score (nSPS) is 30.9. The first-order chi connectivity index (χ1) is 22.7. The summed E-state index contributed by atoms with van der Waals surface area (Å²) in [5.41, 5.74) is 12.2. The first kappa shape index (κ1) is 34.9. The third-order valence-corrected chi connectivity index (χ3v) is 11.0. The number of nitrogens with zero attached hydrogens (tertiary/aromatic N) is 8. The van der Waals surface area contributed by atoms with E-state index in [4.69, 9.17) is 25.5 Å². The molecule has 4 aromatic heterocycles. The summed E-state index contributed by atoms with van der Waals surface area (Å²) >= 11 is 0. The van der Waals surface area contributed by atoms with Gasteiger partial charge in [0.25, 0.3) is 0 Å². The highest BCUT2D eigenvalue weighted by molar-refractivity contribution is 7.65. The number of nitrogen functional groups attached to an aromatic ring is 2. The molecule has 2 fully saturated rings. The number of ether oxygens (including phenoxy) is 2.